The van der Waals surface area contributed by atoms with Crippen molar-refractivity contribution >= 4 is 5.76 Å². The fraction of sp³-hybridized carbons (Fsp3) is 0.542. The molecule has 168 valence electrons. The maximum atomic E-state index is 12.9. The lowest BCUT2D eigenvalue weighted by Crippen LogP contribution is -2.36. The van der Waals surface area contributed by atoms with Gasteiger partial charge in [0.05, 0.1) is 37.7 Å². The van der Waals surface area contributed by atoms with Gasteiger partial charge in [-0.05, 0) is 31.6 Å². The number of hydrogen-bond donors (Lipinski definition) is 1. The van der Waals surface area contributed by atoms with Gasteiger partial charge in [-0.3, -0.25) is 9.69 Å². The van der Waals surface area contributed by atoms with E-state index in [1.54, 1.807) is 7.11 Å². The molecule has 2 fully saturated rings. The van der Waals surface area contributed by atoms with Gasteiger partial charge in [-0.1, -0.05) is 18.4 Å². The summed E-state index contributed by atoms with van der Waals surface area (Å²) in [6.07, 6.45) is 7.85. The molecule has 7 nitrogen and oxygen atoms in total. The highest BCUT2D eigenvalue weighted by Gasteiger charge is 2.25. The van der Waals surface area contributed by atoms with E-state index in [4.69, 9.17) is 18.6 Å². The molecule has 0 unspecified atom stereocenters. The number of morpholine rings is 1. The van der Waals surface area contributed by atoms with Crippen molar-refractivity contribution in [3.63, 3.8) is 0 Å². The first-order valence-corrected chi connectivity index (χ1v) is 10.7. The van der Waals surface area contributed by atoms with Gasteiger partial charge < -0.3 is 23.7 Å². The third kappa shape index (κ3) is 6.73. The minimum Gasteiger partial charge on any atom is -0.507 e. The smallest absolute Gasteiger partial charge is 0.199 e. The highest BCUT2D eigenvalue weighted by molar-refractivity contribution is 5.60. The van der Waals surface area contributed by atoms with Crippen molar-refractivity contribution in [3.05, 3.63) is 52.3 Å². The van der Waals surface area contributed by atoms with Gasteiger partial charge in [-0.15, -0.1) is 0 Å². The highest BCUT2D eigenvalue weighted by atomic mass is 16.5. The number of methoxy groups -OCH3 is 1. The monoisotopic (exact) mass is 429 g/mol. The van der Waals surface area contributed by atoms with Crippen molar-refractivity contribution < 1.29 is 23.7 Å². The number of ether oxygens (including phenoxy) is 3. The summed E-state index contributed by atoms with van der Waals surface area (Å²) >= 11 is 0. The Bertz CT molecular complexity index is 879. The Morgan fingerprint density at radius 2 is 2.00 bits per heavy atom. The lowest BCUT2D eigenvalue weighted by Gasteiger charge is -2.27. The Hall–Kier alpha value is -2.53. The van der Waals surface area contributed by atoms with E-state index in [1.165, 1.54) is 18.6 Å². The molecular formula is C24H31NO6. The van der Waals surface area contributed by atoms with Crippen molar-refractivity contribution in [3.8, 4) is 11.8 Å². The summed E-state index contributed by atoms with van der Waals surface area (Å²) in [4.78, 5) is 15.1. The molecule has 0 spiro atoms. The predicted molar refractivity (Wildman–Crippen MR) is 118 cm³/mol. The van der Waals surface area contributed by atoms with Crippen LogP contribution in [0.15, 0.2) is 40.2 Å². The van der Waals surface area contributed by atoms with Gasteiger partial charge in [0, 0.05) is 31.8 Å². The van der Waals surface area contributed by atoms with Crippen molar-refractivity contribution in [1.29, 1.82) is 0 Å². The Balaban J connectivity index is 1.54. The first kappa shape index (κ1) is 23.1. The number of hydrogen-bond acceptors (Lipinski definition) is 7. The van der Waals surface area contributed by atoms with Crippen LogP contribution in [-0.4, -0.2) is 62.7 Å². The van der Waals surface area contributed by atoms with Gasteiger partial charge in [0.1, 0.15) is 24.4 Å². The summed E-state index contributed by atoms with van der Waals surface area (Å²) in [5.74, 6) is 6.09. The molecule has 1 aromatic heterocycles. The lowest BCUT2D eigenvalue weighted by molar-refractivity contribution is 0.0443. The van der Waals surface area contributed by atoms with Gasteiger partial charge in [-0.25, -0.2) is 0 Å². The third-order valence-electron chi connectivity index (χ3n) is 5.77. The molecule has 0 amide bonds. The minimum absolute atomic E-state index is 0.106. The molecule has 1 aliphatic heterocycles. The van der Waals surface area contributed by atoms with Crippen LogP contribution in [0.2, 0.25) is 0 Å². The molecule has 2 aliphatic rings. The molecule has 0 aromatic carbocycles. The predicted octanol–water partition coefficient (Wildman–Crippen LogP) is 3.08. The van der Waals surface area contributed by atoms with Gasteiger partial charge in [-0.2, -0.15) is 0 Å². The molecule has 0 bridgehead atoms. The fourth-order valence-corrected chi connectivity index (χ4v) is 3.88. The largest absolute Gasteiger partial charge is 0.507 e. The Kier molecular flexibility index (Phi) is 8.77. The molecule has 3 rings (SSSR count). The number of aliphatic hydroxyl groups is 1. The molecule has 1 saturated carbocycles. The van der Waals surface area contributed by atoms with Crippen LogP contribution in [0.4, 0.5) is 0 Å². The SMILES string of the molecule is C=C(/C=C(/O)c1cocc(C2CCC(OC)CC2)c1=O)OCC#CCN1CCOCC1. The highest BCUT2D eigenvalue weighted by Crippen LogP contribution is 2.32. The van der Waals surface area contributed by atoms with Crippen molar-refractivity contribution in [2.24, 2.45) is 0 Å². The molecule has 1 saturated heterocycles. The van der Waals surface area contributed by atoms with E-state index >= 15 is 0 Å². The summed E-state index contributed by atoms with van der Waals surface area (Å²) in [5, 5.41) is 10.4. The second-order valence-electron chi connectivity index (χ2n) is 7.81. The fourth-order valence-electron chi connectivity index (χ4n) is 3.88. The van der Waals surface area contributed by atoms with Crippen LogP contribution in [0.3, 0.4) is 0 Å². The molecule has 31 heavy (non-hydrogen) atoms. The molecule has 0 radical (unpaired) electrons. The van der Waals surface area contributed by atoms with E-state index in [9.17, 15) is 9.90 Å². The zero-order valence-electron chi connectivity index (χ0n) is 18.1. The maximum absolute atomic E-state index is 12.9. The van der Waals surface area contributed by atoms with E-state index < -0.39 is 0 Å². The second-order valence-corrected chi connectivity index (χ2v) is 7.81. The van der Waals surface area contributed by atoms with Crippen LogP contribution < -0.4 is 5.43 Å². The Labute approximate surface area is 183 Å². The van der Waals surface area contributed by atoms with Crippen LogP contribution in [0.1, 0.15) is 42.7 Å². The van der Waals surface area contributed by atoms with Gasteiger partial charge >= 0.3 is 0 Å². The molecule has 0 atom stereocenters. The first-order chi connectivity index (χ1) is 15.1. The van der Waals surface area contributed by atoms with Crippen LogP contribution in [0.5, 0.6) is 0 Å². The second kappa shape index (κ2) is 11.8. The lowest BCUT2D eigenvalue weighted by atomic mass is 9.83. The Morgan fingerprint density at radius 3 is 2.71 bits per heavy atom. The molecule has 7 heteroatoms. The van der Waals surface area contributed by atoms with Crippen LogP contribution >= 0.6 is 0 Å². The van der Waals surface area contributed by atoms with Gasteiger partial charge in [0.15, 0.2) is 5.43 Å². The summed E-state index contributed by atoms with van der Waals surface area (Å²) < 4.78 is 21.5. The molecular weight excluding hydrogens is 398 g/mol. The first-order valence-electron chi connectivity index (χ1n) is 10.7. The molecule has 1 aliphatic carbocycles. The molecule has 1 aromatic rings. The van der Waals surface area contributed by atoms with Crippen molar-refractivity contribution in [1.82, 2.24) is 4.90 Å². The van der Waals surface area contributed by atoms with E-state index in [1.807, 2.05) is 0 Å². The third-order valence-corrected chi connectivity index (χ3v) is 5.77. The summed E-state index contributed by atoms with van der Waals surface area (Å²) in [5.41, 5.74) is 0.473. The summed E-state index contributed by atoms with van der Waals surface area (Å²) in [6, 6.07) is 0. The number of nitrogens with zero attached hydrogens (tertiary/aromatic N) is 1. The zero-order valence-corrected chi connectivity index (χ0v) is 18.1. The Morgan fingerprint density at radius 1 is 1.26 bits per heavy atom. The van der Waals surface area contributed by atoms with Crippen LogP contribution in [0.25, 0.3) is 5.76 Å². The van der Waals surface area contributed by atoms with E-state index in [-0.39, 0.29) is 41.1 Å². The van der Waals surface area contributed by atoms with Crippen molar-refractivity contribution in [2.45, 2.75) is 37.7 Å². The van der Waals surface area contributed by atoms with E-state index in [0.717, 1.165) is 52.0 Å². The number of rotatable bonds is 7. The van der Waals surface area contributed by atoms with E-state index in [0.29, 0.717) is 12.1 Å². The van der Waals surface area contributed by atoms with Gasteiger partial charge in [0.2, 0.25) is 0 Å². The van der Waals surface area contributed by atoms with Crippen LogP contribution in [0, 0.1) is 11.8 Å². The average Bonchev–Trinajstić information content (AvgIpc) is 2.79. The zero-order chi connectivity index (χ0) is 22.1. The summed E-state index contributed by atoms with van der Waals surface area (Å²) in [6.45, 7) is 7.84. The summed E-state index contributed by atoms with van der Waals surface area (Å²) in [7, 11) is 1.72. The topological polar surface area (TPSA) is 81.4 Å². The minimum atomic E-state index is -0.229. The number of aliphatic hydroxyl groups excluding tert-OH is 1. The maximum Gasteiger partial charge on any atom is 0.199 e. The van der Waals surface area contributed by atoms with Crippen molar-refractivity contribution in [2.75, 3.05) is 46.6 Å². The standard InChI is InChI=1S/C24H31NO6/c1-18(31-12-4-3-9-25-10-13-29-14-11-25)15-23(26)22-17-30-16-21(24(22)27)19-5-7-20(28-2)8-6-19/h15-17,19-20,26H,1,5-14H2,2H3/b23-15+. The number of allylic oxidation sites excluding steroid dienone is 1. The average molecular weight is 430 g/mol. The van der Waals surface area contributed by atoms with Crippen LogP contribution in [-0.2, 0) is 14.2 Å². The van der Waals surface area contributed by atoms with E-state index in [2.05, 4.69) is 23.3 Å². The molecule has 1 N–H and O–H groups in total. The molecule has 2 heterocycles. The quantitative estimate of drug-likeness (QED) is 0.405. The normalized spacial score (nSPS) is 22.4. The van der Waals surface area contributed by atoms with Gasteiger partial charge in [0.25, 0.3) is 0 Å².